The van der Waals surface area contributed by atoms with Crippen LogP contribution < -0.4 is 5.75 Å². The SMILES string of the molecule is CCCC(C)COC(=O)Cc1ccccc1N=c1occ(C)o1. The third kappa shape index (κ3) is 5.43. The normalized spacial score (nSPS) is 13.1. The summed E-state index contributed by atoms with van der Waals surface area (Å²) in [5.41, 5.74) is 1.43. The summed E-state index contributed by atoms with van der Waals surface area (Å²) < 4.78 is 15.8. The smallest absolute Gasteiger partial charge is 0.399 e. The summed E-state index contributed by atoms with van der Waals surface area (Å²) >= 11 is 0. The fourth-order valence-electron chi connectivity index (χ4n) is 2.25. The van der Waals surface area contributed by atoms with Gasteiger partial charge in [0.15, 0.2) is 0 Å². The number of ether oxygens (including phenoxy) is 1. The van der Waals surface area contributed by atoms with E-state index < -0.39 is 0 Å². The van der Waals surface area contributed by atoms with Crippen LogP contribution in [0.3, 0.4) is 0 Å². The molecule has 1 atom stereocenters. The molecular formula is C18H23NO4. The number of esters is 1. The second-order valence-electron chi connectivity index (χ2n) is 5.71. The Balaban J connectivity index is 2.04. The molecule has 0 saturated heterocycles. The Morgan fingerprint density at radius 1 is 1.35 bits per heavy atom. The van der Waals surface area contributed by atoms with Gasteiger partial charge in [-0.1, -0.05) is 38.5 Å². The van der Waals surface area contributed by atoms with Crippen LogP contribution in [-0.4, -0.2) is 12.6 Å². The molecule has 5 nitrogen and oxygen atoms in total. The molecule has 5 heteroatoms. The van der Waals surface area contributed by atoms with Gasteiger partial charge in [-0.3, -0.25) is 4.79 Å². The van der Waals surface area contributed by atoms with Crippen LogP contribution in [0.1, 0.15) is 38.0 Å². The number of aryl methyl sites for hydroxylation is 1. The van der Waals surface area contributed by atoms with Gasteiger partial charge >= 0.3 is 11.7 Å². The molecule has 23 heavy (non-hydrogen) atoms. The Kier molecular flexibility index (Phi) is 6.20. The van der Waals surface area contributed by atoms with E-state index in [0.29, 0.717) is 24.0 Å². The van der Waals surface area contributed by atoms with E-state index in [1.165, 1.54) is 6.26 Å². The highest BCUT2D eigenvalue weighted by atomic mass is 16.5. The number of nitrogens with zero attached hydrogens (tertiary/aromatic N) is 1. The summed E-state index contributed by atoms with van der Waals surface area (Å²) in [6.45, 7) is 6.44. The van der Waals surface area contributed by atoms with Crippen LogP contribution in [0.5, 0.6) is 0 Å². The van der Waals surface area contributed by atoms with Crippen molar-refractivity contribution in [2.45, 2.75) is 40.0 Å². The van der Waals surface area contributed by atoms with Crippen molar-refractivity contribution in [1.29, 1.82) is 0 Å². The minimum Gasteiger partial charge on any atom is -0.465 e. The van der Waals surface area contributed by atoms with E-state index in [1.807, 2.05) is 24.3 Å². The van der Waals surface area contributed by atoms with E-state index in [9.17, 15) is 4.79 Å². The van der Waals surface area contributed by atoms with Gasteiger partial charge in [0.05, 0.1) is 18.7 Å². The molecule has 1 heterocycles. The highest BCUT2D eigenvalue weighted by Crippen LogP contribution is 2.19. The summed E-state index contributed by atoms with van der Waals surface area (Å²) in [5.74, 6) is 0.947. The minimum atomic E-state index is -0.247. The van der Waals surface area contributed by atoms with Gasteiger partial charge in [-0.15, -0.1) is 0 Å². The molecule has 124 valence electrons. The first-order valence-electron chi connectivity index (χ1n) is 7.92. The van der Waals surface area contributed by atoms with Gasteiger partial charge in [0.1, 0.15) is 12.0 Å². The third-order valence-electron chi connectivity index (χ3n) is 3.42. The molecule has 0 fully saturated rings. The van der Waals surface area contributed by atoms with Crippen molar-refractivity contribution in [3.8, 4) is 0 Å². The molecule has 0 bridgehead atoms. The fraction of sp³-hybridized carbons (Fsp3) is 0.444. The van der Waals surface area contributed by atoms with E-state index in [1.54, 1.807) is 6.92 Å². The van der Waals surface area contributed by atoms with Crippen LogP contribution in [0.4, 0.5) is 5.69 Å². The molecule has 1 aromatic carbocycles. The summed E-state index contributed by atoms with van der Waals surface area (Å²) in [6.07, 6.45) is 3.81. The third-order valence-corrected chi connectivity index (χ3v) is 3.42. The molecule has 1 aromatic heterocycles. The van der Waals surface area contributed by atoms with Crippen molar-refractivity contribution in [3.63, 3.8) is 0 Å². The molecule has 0 amide bonds. The average Bonchev–Trinajstić information content (AvgIpc) is 2.93. The fourth-order valence-corrected chi connectivity index (χ4v) is 2.25. The lowest BCUT2D eigenvalue weighted by Gasteiger charge is -2.11. The van der Waals surface area contributed by atoms with Gasteiger partial charge in [0, 0.05) is 0 Å². The topological polar surface area (TPSA) is 64.9 Å². The Labute approximate surface area is 136 Å². The molecular weight excluding hydrogens is 294 g/mol. The highest BCUT2D eigenvalue weighted by Gasteiger charge is 2.11. The standard InChI is InChI=1S/C18H23NO4/c1-4-7-13(2)11-21-17(20)10-15-8-5-6-9-16(15)19-18-22-12-14(3)23-18/h5-6,8-9,12-13H,4,7,10-11H2,1-3H3. The molecule has 0 aliphatic carbocycles. The van der Waals surface area contributed by atoms with Crippen LogP contribution in [-0.2, 0) is 16.0 Å². The van der Waals surface area contributed by atoms with Gasteiger partial charge in [-0.25, -0.2) is 0 Å². The number of rotatable bonds is 7. The first-order chi connectivity index (χ1) is 11.1. The predicted octanol–water partition coefficient (Wildman–Crippen LogP) is 3.94. The lowest BCUT2D eigenvalue weighted by molar-refractivity contribution is -0.144. The average molecular weight is 317 g/mol. The molecule has 0 spiro atoms. The van der Waals surface area contributed by atoms with Crippen LogP contribution in [0.25, 0.3) is 0 Å². The number of hydrogen-bond acceptors (Lipinski definition) is 5. The number of carbonyl (C=O) groups is 1. The van der Waals surface area contributed by atoms with Gasteiger partial charge < -0.3 is 13.6 Å². The van der Waals surface area contributed by atoms with Crippen molar-refractivity contribution in [1.82, 2.24) is 0 Å². The lowest BCUT2D eigenvalue weighted by atomic mass is 10.1. The van der Waals surface area contributed by atoms with Crippen LogP contribution in [0.2, 0.25) is 0 Å². The van der Waals surface area contributed by atoms with Crippen molar-refractivity contribution in [2.75, 3.05) is 6.61 Å². The molecule has 0 aliphatic rings. The van der Waals surface area contributed by atoms with Crippen molar-refractivity contribution >= 4 is 11.7 Å². The Morgan fingerprint density at radius 3 is 2.83 bits per heavy atom. The monoisotopic (exact) mass is 317 g/mol. The molecule has 0 radical (unpaired) electrons. The molecule has 0 aliphatic heterocycles. The molecule has 2 rings (SSSR count). The summed E-state index contributed by atoms with van der Waals surface area (Å²) in [5, 5.41) is 0. The summed E-state index contributed by atoms with van der Waals surface area (Å²) in [4.78, 5) is 16.3. The summed E-state index contributed by atoms with van der Waals surface area (Å²) in [6, 6.07) is 7.39. The van der Waals surface area contributed by atoms with E-state index in [-0.39, 0.29) is 18.1 Å². The van der Waals surface area contributed by atoms with E-state index in [0.717, 1.165) is 18.4 Å². The van der Waals surface area contributed by atoms with Gasteiger partial charge in [0.25, 0.3) is 0 Å². The maximum atomic E-state index is 12.0. The van der Waals surface area contributed by atoms with Crippen LogP contribution in [0, 0.1) is 12.8 Å². The van der Waals surface area contributed by atoms with Crippen molar-refractivity contribution in [3.05, 3.63) is 47.6 Å². The van der Waals surface area contributed by atoms with Gasteiger partial charge in [-0.05, 0) is 30.9 Å². The van der Waals surface area contributed by atoms with E-state index in [4.69, 9.17) is 13.6 Å². The second-order valence-corrected chi connectivity index (χ2v) is 5.71. The molecule has 0 N–H and O–H groups in total. The first kappa shape index (κ1) is 17.1. The lowest BCUT2D eigenvalue weighted by Crippen LogP contribution is -2.14. The molecule has 1 unspecified atom stereocenters. The first-order valence-corrected chi connectivity index (χ1v) is 7.92. The van der Waals surface area contributed by atoms with Crippen LogP contribution >= 0.6 is 0 Å². The Bertz CT molecular complexity index is 699. The number of benzene rings is 1. The second kappa shape index (κ2) is 8.36. The largest absolute Gasteiger partial charge is 0.465 e. The zero-order chi connectivity index (χ0) is 16.7. The molecule has 0 saturated carbocycles. The number of carbonyl (C=O) groups excluding carboxylic acids is 1. The molecule has 2 aromatic rings. The maximum Gasteiger partial charge on any atom is 0.399 e. The Hall–Kier alpha value is -2.30. The quantitative estimate of drug-likeness (QED) is 0.726. The van der Waals surface area contributed by atoms with Crippen molar-refractivity contribution < 1.29 is 18.4 Å². The minimum absolute atomic E-state index is 0.167. The van der Waals surface area contributed by atoms with Crippen molar-refractivity contribution in [2.24, 2.45) is 10.9 Å². The number of para-hydroxylation sites is 1. The van der Waals surface area contributed by atoms with Gasteiger partial charge in [0.2, 0.25) is 0 Å². The zero-order valence-corrected chi connectivity index (χ0v) is 13.9. The zero-order valence-electron chi connectivity index (χ0n) is 13.9. The highest BCUT2D eigenvalue weighted by molar-refractivity contribution is 5.74. The Morgan fingerprint density at radius 2 is 2.13 bits per heavy atom. The number of hydrogen-bond donors (Lipinski definition) is 0. The summed E-state index contributed by atoms with van der Waals surface area (Å²) in [7, 11) is 0. The van der Waals surface area contributed by atoms with E-state index in [2.05, 4.69) is 18.8 Å². The van der Waals surface area contributed by atoms with E-state index >= 15 is 0 Å². The predicted molar refractivity (Wildman–Crippen MR) is 86.1 cm³/mol. The maximum absolute atomic E-state index is 12.0. The van der Waals surface area contributed by atoms with Crippen LogP contribution in [0.15, 0.2) is 44.4 Å². The van der Waals surface area contributed by atoms with Gasteiger partial charge in [-0.2, -0.15) is 4.99 Å².